The zero-order valence-corrected chi connectivity index (χ0v) is 15.1. The van der Waals surface area contributed by atoms with Crippen LogP contribution in [0, 0.1) is 5.92 Å². The Hall–Kier alpha value is -1.64. The van der Waals surface area contributed by atoms with Gasteiger partial charge in [0.05, 0.1) is 38.8 Å². The molecule has 1 aliphatic heterocycles. The van der Waals surface area contributed by atoms with Gasteiger partial charge in [0.1, 0.15) is 6.79 Å². The summed E-state index contributed by atoms with van der Waals surface area (Å²) in [5.74, 6) is -0.344. The molecule has 1 fully saturated rings. The third kappa shape index (κ3) is 4.68. The predicted octanol–water partition coefficient (Wildman–Crippen LogP) is 1.42. The van der Waals surface area contributed by atoms with Gasteiger partial charge in [-0.3, -0.25) is 14.5 Å². The van der Waals surface area contributed by atoms with E-state index in [9.17, 15) is 9.59 Å². The molecule has 0 radical (unpaired) electrons. The molecule has 0 aromatic carbocycles. The molecular weight excluding hydrogens is 316 g/mol. The number of rotatable bonds is 7. The highest BCUT2D eigenvalue weighted by Crippen LogP contribution is 2.33. The van der Waals surface area contributed by atoms with E-state index in [0.29, 0.717) is 6.42 Å². The van der Waals surface area contributed by atoms with Crippen LogP contribution >= 0.6 is 0 Å². The molecule has 8 nitrogen and oxygen atoms in total. The number of carbonyl (C=O) groups excluding carboxylic acids is 2. The van der Waals surface area contributed by atoms with Gasteiger partial charge >= 0.3 is 6.09 Å². The van der Waals surface area contributed by atoms with Crippen molar-refractivity contribution in [2.45, 2.75) is 38.0 Å². The van der Waals surface area contributed by atoms with Crippen molar-refractivity contribution in [1.82, 2.24) is 9.96 Å². The monoisotopic (exact) mass is 344 g/mol. The fraction of sp³-hybridized carbons (Fsp3) is 0.750. The number of hydrogen-bond acceptors (Lipinski definition) is 6. The SMILES string of the molecule is C=C[C@H]1C[C@H](OCOC)[C@H](C)N(C(=O)OC)[C@@H]1CC(=O)N(C)OC. The first-order valence-electron chi connectivity index (χ1n) is 7.81. The lowest BCUT2D eigenvalue weighted by Gasteiger charge is -2.47. The summed E-state index contributed by atoms with van der Waals surface area (Å²) in [7, 11) is 5.81. The molecule has 0 unspecified atom stereocenters. The third-order valence-corrected chi connectivity index (χ3v) is 4.43. The van der Waals surface area contributed by atoms with Crippen LogP contribution in [0.25, 0.3) is 0 Å². The van der Waals surface area contributed by atoms with Crippen molar-refractivity contribution in [2.75, 3.05) is 35.2 Å². The second kappa shape index (κ2) is 9.61. The van der Waals surface area contributed by atoms with Gasteiger partial charge in [-0.1, -0.05) is 6.08 Å². The zero-order chi connectivity index (χ0) is 18.3. The van der Waals surface area contributed by atoms with Crippen LogP contribution in [0.5, 0.6) is 0 Å². The highest BCUT2D eigenvalue weighted by atomic mass is 16.7. The lowest BCUT2D eigenvalue weighted by Crippen LogP contribution is -2.59. The minimum atomic E-state index is -0.502. The first-order chi connectivity index (χ1) is 11.4. The molecule has 0 aromatic heterocycles. The van der Waals surface area contributed by atoms with Gasteiger partial charge in [-0.25, -0.2) is 9.86 Å². The van der Waals surface area contributed by atoms with E-state index in [-0.39, 0.29) is 43.2 Å². The lowest BCUT2D eigenvalue weighted by molar-refractivity contribution is -0.172. The molecule has 0 aromatic rings. The number of piperidine rings is 1. The van der Waals surface area contributed by atoms with Crippen LogP contribution in [0.2, 0.25) is 0 Å². The summed E-state index contributed by atoms with van der Waals surface area (Å²) in [6, 6.07) is -0.646. The summed E-state index contributed by atoms with van der Waals surface area (Å²) in [4.78, 5) is 31.1. The standard InChI is InChI=1S/C16H28N2O6/c1-7-12-8-14(24-10-21-4)11(2)18(16(20)22-5)13(12)9-15(19)17(3)23-6/h7,11-14H,1,8-10H2,2-6H3/t11-,12-,13+,14-/m0/s1. The topological polar surface area (TPSA) is 77.5 Å². The zero-order valence-electron chi connectivity index (χ0n) is 15.1. The minimum absolute atomic E-state index is 0.109. The van der Waals surface area contributed by atoms with Crippen molar-refractivity contribution in [2.24, 2.45) is 5.92 Å². The van der Waals surface area contributed by atoms with Crippen molar-refractivity contribution in [3.8, 4) is 0 Å². The van der Waals surface area contributed by atoms with Gasteiger partial charge in [0.15, 0.2) is 0 Å². The van der Waals surface area contributed by atoms with Gasteiger partial charge in [-0.05, 0) is 13.3 Å². The number of nitrogens with zero attached hydrogens (tertiary/aromatic N) is 2. The molecule has 0 bridgehead atoms. The summed E-state index contributed by atoms with van der Waals surface area (Å²) in [5.41, 5.74) is 0. The van der Waals surface area contributed by atoms with E-state index in [1.165, 1.54) is 21.3 Å². The average Bonchev–Trinajstić information content (AvgIpc) is 2.59. The van der Waals surface area contributed by atoms with Gasteiger partial charge in [0, 0.05) is 20.1 Å². The molecule has 8 heteroatoms. The molecule has 1 saturated heterocycles. The first-order valence-corrected chi connectivity index (χ1v) is 7.81. The second-order valence-electron chi connectivity index (χ2n) is 5.71. The molecule has 1 heterocycles. The molecule has 4 atom stereocenters. The predicted molar refractivity (Wildman–Crippen MR) is 86.9 cm³/mol. The maximum absolute atomic E-state index is 12.3. The molecule has 1 aliphatic rings. The Labute approximate surface area is 143 Å². The normalized spacial score (nSPS) is 26.8. The number of methoxy groups -OCH3 is 2. The molecule has 138 valence electrons. The number of hydroxylamine groups is 2. The van der Waals surface area contributed by atoms with E-state index in [2.05, 4.69) is 6.58 Å². The van der Waals surface area contributed by atoms with E-state index in [4.69, 9.17) is 19.0 Å². The first kappa shape index (κ1) is 20.4. The summed E-state index contributed by atoms with van der Waals surface area (Å²) >= 11 is 0. The van der Waals surface area contributed by atoms with Gasteiger partial charge in [0.2, 0.25) is 5.91 Å². The summed E-state index contributed by atoms with van der Waals surface area (Å²) < 4.78 is 15.6. The van der Waals surface area contributed by atoms with Crippen molar-refractivity contribution < 1.29 is 28.6 Å². The maximum Gasteiger partial charge on any atom is 0.410 e. The Kier molecular flexibility index (Phi) is 8.17. The van der Waals surface area contributed by atoms with Gasteiger partial charge < -0.3 is 14.2 Å². The Morgan fingerprint density at radius 1 is 1.33 bits per heavy atom. The van der Waals surface area contributed by atoms with Crippen LogP contribution in [-0.2, 0) is 23.8 Å². The Morgan fingerprint density at radius 2 is 2.00 bits per heavy atom. The highest BCUT2D eigenvalue weighted by Gasteiger charge is 2.44. The van der Waals surface area contributed by atoms with Gasteiger partial charge in [-0.15, -0.1) is 6.58 Å². The molecule has 24 heavy (non-hydrogen) atoms. The van der Waals surface area contributed by atoms with E-state index < -0.39 is 6.09 Å². The molecular formula is C16H28N2O6. The lowest BCUT2D eigenvalue weighted by atomic mass is 9.82. The van der Waals surface area contributed by atoms with E-state index in [1.54, 1.807) is 18.1 Å². The van der Waals surface area contributed by atoms with Crippen LogP contribution in [0.15, 0.2) is 12.7 Å². The molecule has 0 spiro atoms. The highest BCUT2D eigenvalue weighted by molar-refractivity contribution is 5.77. The van der Waals surface area contributed by atoms with Crippen LogP contribution < -0.4 is 0 Å². The smallest absolute Gasteiger partial charge is 0.410 e. The van der Waals surface area contributed by atoms with Crippen LogP contribution in [0.3, 0.4) is 0 Å². The molecule has 0 N–H and O–H groups in total. The van der Waals surface area contributed by atoms with Crippen molar-refractivity contribution in [3.05, 3.63) is 12.7 Å². The summed E-state index contributed by atoms with van der Waals surface area (Å²) in [5, 5.41) is 1.15. The molecule has 2 amide bonds. The minimum Gasteiger partial charge on any atom is -0.453 e. The number of carbonyl (C=O) groups is 2. The maximum atomic E-state index is 12.3. The molecule has 0 aliphatic carbocycles. The van der Waals surface area contributed by atoms with Crippen LogP contribution in [0.1, 0.15) is 19.8 Å². The van der Waals surface area contributed by atoms with Crippen LogP contribution in [-0.4, -0.2) is 75.3 Å². The summed E-state index contributed by atoms with van der Waals surface area (Å²) in [6.07, 6.45) is 1.75. The van der Waals surface area contributed by atoms with Crippen molar-refractivity contribution >= 4 is 12.0 Å². The molecule has 0 saturated carbocycles. The second-order valence-corrected chi connectivity index (χ2v) is 5.71. The Morgan fingerprint density at radius 3 is 2.50 bits per heavy atom. The fourth-order valence-electron chi connectivity index (χ4n) is 2.99. The number of likely N-dealkylation sites (tertiary alicyclic amines) is 1. The van der Waals surface area contributed by atoms with Crippen LogP contribution in [0.4, 0.5) is 4.79 Å². The van der Waals surface area contributed by atoms with Crippen molar-refractivity contribution in [1.29, 1.82) is 0 Å². The Balaban J connectivity index is 3.05. The number of ether oxygens (including phenoxy) is 3. The number of amides is 2. The van der Waals surface area contributed by atoms with Gasteiger partial charge in [-0.2, -0.15) is 0 Å². The largest absolute Gasteiger partial charge is 0.453 e. The number of hydrogen-bond donors (Lipinski definition) is 0. The van der Waals surface area contributed by atoms with E-state index in [1.807, 2.05) is 6.92 Å². The van der Waals surface area contributed by atoms with E-state index >= 15 is 0 Å². The summed E-state index contributed by atoms with van der Waals surface area (Å²) in [6.45, 7) is 5.84. The quantitative estimate of drug-likeness (QED) is 0.395. The Bertz CT molecular complexity index is 444. The van der Waals surface area contributed by atoms with Gasteiger partial charge in [0.25, 0.3) is 0 Å². The molecule has 1 rings (SSSR count). The average molecular weight is 344 g/mol. The van der Waals surface area contributed by atoms with Crippen molar-refractivity contribution in [3.63, 3.8) is 0 Å². The van der Waals surface area contributed by atoms with E-state index in [0.717, 1.165) is 5.06 Å². The fourth-order valence-corrected chi connectivity index (χ4v) is 2.99. The third-order valence-electron chi connectivity index (χ3n) is 4.43.